The summed E-state index contributed by atoms with van der Waals surface area (Å²) in [6.45, 7) is 0. The average Bonchev–Trinajstić information content (AvgIpc) is 2.60. The highest BCUT2D eigenvalue weighted by Gasteiger charge is 2.04. The van der Waals surface area contributed by atoms with Crippen LogP contribution >= 0.6 is 22.9 Å². The Kier molecular flexibility index (Phi) is 3.54. The standard InChI is InChI=1S/C11H11ClFNS/c12-6-2-1-3-11-14-9-5-4-8(13)7-10(9)15-11/h4-5,7H,1-3,6H2. The number of alkyl halides is 1. The van der Waals surface area contributed by atoms with Crippen molar-refractivity contribution < 1.29 is 4.39 Å². The normalized spacial score (nSPS) is 11.1. The second-order valence-corrected chi connectivity index (χ2v) is 4.86. The van der Waals surface area contributed by atoms with Gasteiger partial charge in [-0.15, -0.1) is 22.9 Å². The molecule has 80 valence electrons. The molecule has 0 unspecified atom stereocenters. The number of aryl methyl sites for hydroxylation is 1. The summed E-state index contributed by atoms with van der Waals surface area (Å²) in [5.41, 5.74) is 0.891. The van der Waals surface area contributed by atoms with Crippen molar-refractivity contribution in [1.29, 1.82) is 0 Å². The predicted molar refractivity (Wildman–Crippen MR) is 63.2 cm³/mol. The Labute approximate surface area is 96.9 Å². The summed E-state index contributed by atoms with van der Waals surface area (Å²) in [5, 5.41) is 1.07. The summed E-state index contributed by atoms with van der Waals surface area (Å²) >= 11 is 7.17. The molecule has 0 radical (unpaired) electrons. The minimum atomic E-state index is -0.196. The molecule has 0 N–H and O–H groups in total. The average molecular weight is 244 g/mol. The SMILES string of the molecule is Fc1ccc2nc(CCCCCl)sc2c1. The molecule has 0 aliphatic carbocycles. The highest BCUT2D eigenvalue weighted by molar-refractivity contribution is 7.18. The summed E-state index contributed by atoms with van der Waals surface area (Å²) in [7, 11) is 0. The number of rotatable bonds is 4. The Bertz CT molecular complexity index is 455. The maximum absolute atomic E-state index is 12.9. The minimum absolute atomic E-state index is 0.196. The first-order valence-corrected chi connectivity index (χ1v) is 6.25. The van der Waals surface area contributed by atoms with E-state index in [0.29, 0.717) is 5.88 Å². The van der Waals surface area contributed by atoms with Gasteiger partial charge in [0.1, 0.15) is 5.82 Å². The summed E-state index contributed by atoms with van der Waals surface area (Å²) < 4.78 is 13.8. The molecule has 0 saturated carbocycles. The maximum Gasteiger partial charge on any atom is 0.124 e. The molecule has 0 bridgehead atoms. The van der Waals surface area contributed by atoms with Crippen LogP contribution in [-0.4, -0.2) is 10.9 Å². The van der Waals surface area contributed by atoms with Gasteiger partial charge in [-0.05, 0) is 37.5 Å². The molecular weight excluding hydrogens is 233 g/mol. The third-order valence-electron chi connectivity index (χ3n) is 2.17. The molecule has 2 aromatic rings. The van der Waals surface area contributed by atoms with Gasteiger partial charge in [-0.2, -0.15) is 0 Å². The highest BCUT2D eigenvalue weighted by Crippen LogP contribution is 2.23. The summed E-state index contributed by atoms with van der Waals surface area (Å²) in [6.07, 6.45) is 2.99. The maximum atomic E-state index is 12.9. The van der Waals surface area contributed by atoms with Crippen LogP contribution in [0.3, 0.4) is 0 Å². The Morgan fingerprint density at radius 1 is 1.33 bits per heavy atom. The fraction of sp³-hybridized carbons (Fsp3) is 0.364. The molecule has 1 nitrogen and oxygen atoms in total. The lowest BCUT2D eigenvalue weighted by molar-refractivity contribution is 0.630. The van der Waals surface area contributed by atoms with Gasteiger partial charge in [-0.1, -0.05) is 0 Å². The molecule has 0 atom stereocenters. The topological polar surface area (TPSA) is 12.9 Å². The van der Waals surface area contributed by atoms with E-state index in [-0.39, 0.29) is 5.82 Å². The van der Waals surface area contributed by atoms with Crippen LogP contribution in [0.4, 0.5) is 4.39 Å². The number of nitrogens with zero attached hydrogens (tertiary/aromatic N) is 1. The molecule has 0 spiro atoms. The first-order valence-electron chi connectivity index (χ1n) is 4.90. The van der Waals surface area contributed by atoms with Gasteiger partial charge in [0.05, 0.1) is 15.2 Å². The van der Waals surface area contributed by atoms with Crippen LogP contribution < -0.4 is 0 Å². The fourth-order valence-corrected chi connectivity index (χ4v) is 2.65. The number of halogens is 2. The predicted octanol–water partition coefficient (Wildman–Crippen LogP) is 4.00. The number of hydrogen-bond acceptors (Lipinski definition) is 2. The van der Waals surface area contributed by atoms with Crippen LogP contribution in [0.2, 0.25) is 0 Å². The number of thiazole rings is 1. The smallest absolute Gasteiger partial charge is 0.124 e. The summed E-state index contributed by atoms with van der Waals surface area (Å²) in [4.78, 5) is 4.43. The van der Waals surface area contributed by atoms with Gasteiger partial charge in [0.2, 0.25) is 0 Å². The zero-order valence-electron chi connectivity index (χ0n) is 8.17. The van der Waals surface area contributed by atoms with Gasteiger partial charge in [0.25, 0.3) is 0 Å². The zero-order chi connectivity index (χ0) is 10.7. The lowest BCUT2D eigenvalue weighted by Crippen LogP contribution is -1.84. The van der Waals surface area contributed by atoms with Crippen molar-refractivity contribution >= 4 is 33.2 Å². The number of aromatic nitrogens is 1. The number of hydrogen-bond donors (Lipinski definition) is 0. The summed E-state index contributed by atoms with van der Waals surface area (Å²) in [5.74, 6) is 0.498. The molecule has 0 aliphatic heterocycles. The zero-order valence-corrected chi connectivity index (χ0v) is 9.74. The lowest BCUT2D eigenvalue weighted by atomic mass is 10.2. The van der Waals surface area contributed by atoms with E-state index < -0.39 is 0 Å². The van der Waals surface area contributed by atoms with Crippen molar-refractivity contribution in [3.8, 4) is 0 Å². The summed E-state index contributed by atoms with van der Waals surface area (Å²) in [6, 6.07) is 4.72. The first kappa shape index (κ1) is 10.8. The number of fused-ring (bicyclic) bond motifs is 1. The van der Waals surface area contributed by atoms with Crippen LogP contribution in [0.15, 0.2) is 18.2 Å². The second-order valence-electron chi connectivity index (χ2n) is 3.37. The van der Waals surface area contributed by atoms with Crippen LogP contribution in [0.5, 0.6) is 0 Å². The molecule has 0 aliphatic rings. The first-order chi connectivity index (χ1) is 7.29. The van der Waals surface area contributed by atoms with E-state index in [2.05, 4.69) is 4.98 Å². The Morgan fingerprint density at radius 3 is 3.00 bits per heavy atom. The molecule has 1 heterocycles. The fourth-order valence-electron chi connectivity index (χ4n) is 1.42. The monoisotopic (exact) mass is 243 g/mol. The van der Waals surface area contributed by atoms with Crippen molar-refractivity contribution in [3.63, 3.8) is 0 Å². The van der Waals surface area contributed by atoms with Gasteiger partial charge in [-0.3, -0.25) is 0 Å². The van der Waals surface area contributed by atoms with Crippen molar-refractivity contribution in [2.75, 3.05) is 5.88 Å². The Morgan fingerprint density at radius 2 is 2.20 bits per heavy atom. The van der Waals surface area contributed by atoms with Gasteiger partial charge >= 0.3 is 0 Å². The van der Waals surface area contributed by atoms with E-state index in [1.165, 1.54) is 12.1 Å². The molecule has 0 amide bonds. The van der Waals surface area contributed by atoms with Gasteiger partial charge in [0, 0.05) is 5.88 Å². The minimum Gasteiger partial charge on any atom is -0.241 e. The van der Waals surface area contributed by atoms with Crippen molar-refractivity contribution in [1.82, 2.24) is 4.98 Å². The van der Waals surface area contributed by atoms with E-state index in [0.717, 1.165) is 34.5 Å². The lowest BCUT2D eigenvalue weighted by Gasteiger charge is -1.91. The Hall–Kier alpha value is -0.670. The molecule has 4 heteroatoms. The van der Waals surface area contributed by atoms with Crippen LogP contribution in [-0.2, 0) is 6.42 Å². The third-order valence-corrected chi connectivity index (χ3v) is 3.51. The molecule has 2 rings (SSSR count). The Balaban J connectivity index is 2.16. The van der Waals surface area contributed by atoms with Crippen molar-refractivity contribution in [2.24, 2.45) is 0 Å². The van der Waals surface area contributed by atoms with Crippen LogP contribution in [0, 0.1) is 5.82 Å². The van der Waals surface area contributed by atoms with Gasteiger partial charge in [-0.25, -0.2) is 9.37 Å². The van der Waals surface area contributed by atoms with E-state index >= 15 is 0 Å². The van der Waals surface area contributed by atoms with E-state index in [1.54, 1.807) is 17.4 Å². The van der Waals surface area contributed by atoms with Crippen molar-refractivity contribution in [3.05, 3.63) is 29.0 Å². The molecular formula is C11H11ClFNS. The molecule has 1 aromatic heterocycles. The largest absolute Gasteiger partial charge is 0.241 e. The molecule has 15 heavy (non-hydrogen) atoms. The number of unbranched alkanes of at least 4 members (excludes halogenated alkanes) is 1. The van der Waals surface area contributed by atoms with Gasteiger partial charge in [0.15, 0.2) is 0 Å². The molecule has 1 aromatic carbocycles. The van der Waals surface area contributed by atoms with Crippen LogP contribution in [0.25, 0.3) is 10.2 Å². The molecule has 0 saturated heterocycles. The second kappa shape index (κ2) is 4.90. The van der Waals surface area contributed by atoms with Gasteiger partial charge < -0.3 is 0 Å². The number of benzene rings is 1. The van der Waals surface area contributed by atoms with Crippen LogP contribution in [0.1, 0.15) is 17.8 Å². The van der Waals surface area contributed by atoms with E-state index in [1.807, 2.05) is 0 Å². The van der Waals surface area contributed by atoms with Crippen molar-refractivity contribution in [2.45, 2.75) is 19.3 Å². The third kappa shape index (κ3) is 2.67. The molecule has 0 fully saturated rings. The van der Waals surface area contributed by atoms with E-state index in [9.17, 15) is 4.39 Å². The quantitative estimate of drug-likeness (QED) is 0.584. The van der Waals surface area contributed by atoms with E-state index in [4.69, 9.17) is 11.6 Å². The highest BCUT2D eigenvalue weighted by atomic mass is 35.5.